The Morgan fingerprint density at radius 2 is 1.69 bits per heavy atom. The SMILES string of the molecule is C[C@@H]1CN(c2cc(F)c(-c3cnc(N4CCOCC4)nc3)cc2NC(=O)c2c[nH]c(=O)cc2C(F)(F)F)C[C@@H](C)N1C. The van der Waals surface area contributed by atoms with Crippen molar-refractivity contribution in [3.05, 3.63) is 64.1 Å². The molecule has 1 amide bonds. The van der Waals surface area contributed by atoms with Gasteiger partial charge in [0.15, 0.2) is 0 Å². The third-order valence-corrected chi connectivity index (χ3v) is 7.75. The number of benzene rings is 1. The van der Waals surface area contributed by atoms with E-state index >= 15 is 4.39 Å². The van der Waals surface area contributed by atoms with Crippen LogP contribution in [0.4, 0.5) is 34.9 Å². The molecule has 5 rings (SSSR count). The summed E-state index contributed by atoms with van der Waals surface area (Å²) >= 11 is 0. The van der Waals surface area contributed by atoms with E-state index in [0.29, 0.717) is 62.7 Å². The Bertz CT molecular complexity index is 1490. The second-order valence-electron chi connectivity index (χ2n) is 10.6. The maximum Gasteiger partial charge on any atom is 0.417 e. The zero-order valence-electron chi connectivity index (χ0n) is 23.3. The van der Waals surface area contributed by atoms with Gasteiger partial charge in [-0.1, -0.05) is 0 Å². The lowest BCUT2D eigenvalue weighted by Crippen LogP contribution is -2.55. The number of ether oxygens (including phenoxy) is 1. The Balaban J connectivity index is 1.54. The first-order valence-corrected chi connectivity index (χ1v) is 13.5. The van der Waals surface area contributed by atoms with E-state index in [2.05, 4.69) is 25.2 Å². The summed E-state index contributed by atoms with van der Waals surface area (Å²) in [5.41, 5.74) is -2.32. The average molecular weight is 590 g/mol. The summed E-state index contributed by atoms with van der Waals surface area (Å²) in [5, 5.41) is 2.55. The lowest BCUT2D eigenvalue weighted by atomic mass is 10.0. The minimum atomic E-state index is -4.94. The van der Waals surface area contributed by atoms with Crippen LogP contribution >= 0.6 is 0 Å². The third kappa shape index (κ3) is 6.09. The smallest absolute Gasteiger partial charge is 0.378 e. The largest absolute Gasteiger partial charge is 0.417 e. The van der Waals surface area contributed by atoms with Crippen molar-refractivity contribution >= 4 is 23.2 Å². The first kappa shape index (κ1) is 29.5. The molecule has 3 aromatic rings. The normalized spacial score (nSPS) is 20.1. The van der Waals surface area contributed by atoms with Gasteiger partial charge in [0.2, 0.25) is 11.5 Å². The third-order valence-electron chi connectivity index (χ3n) is 7.75. The molecule has 2 saturated heterocycles. The number of amides is 1. The van der Waals surface area contributed by atoms with Crippen molar-refractivity contribution in [1.29, 1.82) is 0 Å². The maximum atomic E-state index is 15.7. The number of nitrogens with zero attached hydrogens (tertiary/aromatic N) is 5. The monoisotopic (exact) mass is 589 g/mol. The Labute approximate surface area is 239 Å². The van der Waals surface area contributed by atoms with E-state index in [1.54, 1.807) is 0 Å². The van der Waals surface area contributed by atoms with Crippen LogP contribution in [0.5, 0.6) is 0 Å². The second kappa shape index (κ2) is 11.7. The van der Waals surface area contributed by atoms with E-state index in [-0.39, 0.29) is 23.3 Å². The van der Waals surface area contributed by atoms with Crippen LogP contribution in [0.1, 0.15) is 29.8 Å². The van der Waals surface area contributed by atoms with Crippen LogP contribution in [-0.2, 0) is 10.9 Å². The molecule has 2 aliphatic heterocycles. The highest BCUT2D eigenvalue weighted by Gasteiger charge is 2.36. The molecule has 2 N–H and O–H groups in total. The zero-order chi connectivity index (χ0) is 30.2. The number of likely N-dealkylation sites (N-methyl/N-ethyl adjacent to an activating group) is 1. The van der Waals surface area contributed by atoms with E-state index in [1.165, 1.54) is 24.5 Å². The highest BCUT2D eigenvalue weighted by Crippen LogP contribution is 2.37. The van der Waals surface area contributed by atoms with Crippen LogP contribution in [0.15, 0.2) is 41.6 Å². The van der Waals surface area contributed by atoms with Crippen molar-refractivity contribution in [2.45, 2.75) is 32.1 Å². The molecule has 42 heavy (non-hydrogen) atoms. The van der Waals surface area contributed by atoms with Gasteiger partial charge in [0.05, 0.1) is 35.7 Å². The lowest BCUT2D eigenvalue weighted by molar-refractivity contribution is -0.138. The van der Waals surface area contributed by atoms with Crippen LogP contribution in [0.25, 0.3) is 11.1 Å². The minimum absolute atomic E-state index is 0.0651. The molecule has 14 heteroatoms. The molecule has 0 aliphatic carbocycles. The molecule has 0 saturated carbocycles. The first-order valence-electron chi connectivity index (χ1n) is 13.5. The Morgan fingerprint density at radius 1 is 1.05 bits per heavy atom. The number of rotatable bonds is 5. The summed E-state index contributed by atoms with van der Waals surface area (Å²) in [6, 6.07) is 3.14. The minimum Gasteiger partial charge on any atom is -0.378 e. The van der Waals surface area contributed by atoms with Crippen LogP contribution in [0.3, 0.4) is 0 Å². The molecule has 2 fully saturated rings. The number of pyridine rings is 1. The van der Waals surface area contributed by atoms with Gasteiger partial charge in [-0.15, -0.1) is 0 Å². The van der Waals surface area contributed by atoms with Crippen molar-refractivity contribution in [3.8, 4) is 11.1 Å². The van der Waals surface area contributed by atoms with E-state index in [4.69, 9.17) is 4.74 Å². The summed E-state index contributed by atoms with van der Waals surface area (Å²) in [6.45, 7) is 7.32. The number of piperazine rings is 1. The van der Waals surface area contributed by atoms with Crippen LogP contribution in [-0.4, -0.2) is 84.3 Å². The van der Waals surface area contributed by atoms with Crippen LogP contribution in [0, 0.1) is 5.82 Å². The zero-order valence-corrected chi connectivity index (χ0v) is 23.3. The molecule has 2 aromatic heterocycles. The fraction of sp³-hybridized carbons (Fsp3) is 0.429. The Morgan fingerprint density at radius 3 is 2.31 bits per heavy atom. The van der Waals surface area contributed by atoms with Crippen LogP contribution < -0.4 is 20.7 Å². The fourth-order valence-corrected chi connectivity index (χ4v) is 5.22. The van der Waals surface area contributed by atoms with Gasteiger partial charge in [-0.2, -0.15) is 13.2 Å². The number of anilines is 3. The van der Waals surface area contributed by atoms with Gasteiger partial charge in [-0.3, -0.25) is 14.5 Å². The van der Waals surface area contributed by atoms with Crippen molar-refractivity contribution in [2.75, 3.05) is 61.6 Å². The molecule has 0 bridgehead atoms. The predicted octanol–water partition coefficient (Wildman–Crippen LogP) is 3.61. The molecule has 4 heterocycles. The van der Waals surface area contributed by atoms with Gasteiger partial charge >= 0.3 is 6.18 Å². The van der Waals surface area contributed by atoms with Crippen molar-refractivity contribution < 1.29 is 27.1 Å². The van der Waals surface area contributed by atoms with E-state index in [9.17, 15) is 22.8 Å². The predicted molar refractivity (Wildman–Crippen MR) is 149 cm³/mol. The summed E-state index contributed by atoms with van der Waals surface area (Å²) in [5.74, 6) is -1.25. The molecule has 0 radical (unpaired) electrons. The molecule has 10 nitrogen and oxygen atoms in total. The number of aromatic nitrogens is 3. The lowest BCUT2D eigenvalue weighted by Gasteiger charge is -2.44. The van der Waals surface area contributed by atoms with Gasteiger partial charge in [-0.05, 0) is 33.0 Å². The van der Waals surface area contributed by atoms with Crippen molar-refractivity contribution in [3.63, 3.8) is 0 Å². The number of carbonyl (C=O) groups is 1. The maximum absolute atomic E-state index is 15.7. The quantitative estimate of drug-likeness (QED) is 0.435. The number of hydrogen-bond acceptors (Lipinski definition) is 8. The van der Waals surface area contributed by atoms with E-state index in [0.717, 1.165) is 6.20 Å². The number of aromatic amines is 1. The molecule has 2 aliphatic rings. The number of halogens is 4. The summed E-state index contributed by atoms with van der Waals surface area (Å²) in [4.78, 5) is 41.8. The number of morpholine rings is 1. The standard InChI is InChI=1S/C28H31F4N7O3/c1-16-14-39(15-17(2)37(16)3)24-10-22(29)19(18-11-34-27(35-12-18)38-4-6-42-7-5-38)8-23(24)36-26(41)20-13-33-25(40)9-21(20)28(30,31)32/h8-13,16-17H,4-7,14-15H2,1-3H3,(H,33,40)(H,36,41)/t16-,17-/m1/s1. The topological polar surface area (TPSA) is 107 Å². The highest BCUT2D eigenvalue weighted by molar-refractivity contribution is 6.07. The summed E-state index contributed by atoms with van der Waals surface area (Å²) in [6.07, 6.45) is -1.29. The molecular weight excluding hydrogens is 558 g/mol. The number of alkyl halides is 3. The first-order chi connectivity index (χ1) is 19.9. The van der Waals surface area contributed by atoms with E-state index < -0.39 is 34.6 Å². The van der Waals surface area contributed by atoms with Crippen molar-refractivity contribution in [1.82, 2.24) is 19.9 Å². The van der Waals surface area contributed by atoms with E-state index in [1.807, 2.05) is 30.7 Å². The second-order valence-corrected chi connectivity index (χ2v) is 10.6. The Hall–Kier alpha value is -4.04. The molecule has 2 atom stereocenters. The van der Waals surface area contributed by atoms with Gasteiger partial charge < -0.3 is 24.8 Å². The van der Waals surface area contributed by atoms with Crippen molar-refractivity contribution in [2.24, 2.45) is 0 Å². The van der Waals surface area contributed by atoms with Gasteiger partial charge in [0, 0.05) is 74.0 Å². The van der Waals surface area contributed by atoms with Gasteiger partial charge in [0.25, 0.3) is 5.91 Å². The number of carbonyl (C=O) groups excluding carboxylic acids is 1. The highest BCUT2D eigenvalue weighted by atomic mass is 19.4. The number of nitrogens with one attached hydrogen (secondary N) is 2. The summed E-state index contributed by atoms with van der Waals surface area (Å²) in [7, 11) is 1.98. The molecule has 0 unspecified atom stereocenters. The molecular formula is C28H31F4N7O3. The Kier molecular flexibility index (Phi) is 8.19. The summed E-state index contributed by atoms with van der Waals surface area (Å²) < 4.78 is 62.2. The molecule has 1 aromatic carbocycles. The average Bonchev–Trinajstić information content (AvgIpc) is 2.96. The van der Waals surface area contributed by atoms with Gasteiger partial charge in [0.1, 0.15) is 5.82 Å². The molecule has 0 spiro atoms. The molecule has 224 valence electrons. The fourth-order valence-electron chi connectivity index (χ4n) is 5.22. The van der Waals surface area contributed by atoms with Gasteiger partial charge in [-0.25, -0.2) is 14.4 Å². The number of H-pyrrole nitrogens is 1. The number of hydrogen-bond donors (Lipinski definition) is 2. The van der Waals surface area contributed by atoms with Crippen LogP contribution in [0.2, 0.25) is 0 Å².